The van der Waals surface area contributed by atoms with Gasteiger partial charge in [-0.25, -0.2) is 9.37 Å². The summed E-state index contributed by atoms with van der Waals surface area (Å²) in [6.45, 7) is 6.22. The molecule has 1 aromatic heterocycles. The fourth-order valence-electron chi connectivity index (χ4n) is 2.01. The molecule has 114 valence electrons. The molecule has 0 atom stereocenters. The van der Waals surface area contributed by atoms with E-state index in [0.717, 1.165) is 43.5 Å². The molecule has 0 unspecified atom stereocenters. The standard InChI is InChI=1S/C15H19BrFN3O/c1-3-21-8-4-7-20-10-11(2)18-15(20)19-14-6-5-12(17)9-13(14)16/h5-6,9-10H,3-4,7-8H2,1-2H3,(H,18,19). The Hall–Kier alpha value is -1.40. The zero-order valence-corrected chi connectivity index (χ0v) is 13.8. The van der Waals surface area contributed by atoms with E-state index in [0.29, 0.717) is 4.47 Å². The second-order valence-corrected chi connectivity index (χ2v) is 5.55. The average molecular weight is 356 g/mol. The largest absolute Gasteiger partial charge is 0.382 e. The Kier molecular flexibility index (Phi) is 5.76. The first-order chi connectivity index (χ1) is 10.1. The summed E-state index contributed by atoms with van der Waals surface area (Å²) in [5, 5.41) is 3.23. The SMILES string of the molecule is CCOCCCn1cc(C)nc1Nc1ccc(F)cc1Br. The van der Waals surface area contributed by atoms with Crippen molar-refractivity contribution in [3.05, 3.63) is 40.4 Å². The summed E-state index contributed by atoms with van der Waals surface area (Å²) < 4.78 is 21.2. The fourth-order valence-corrected chi connectivity index (χ4v) is 2.46. The topological polar surface area (TPSA) is 39.1 Å². The van der Waals surface area contributed by atoms with E-state index < -0.39 is 0 Å². The number of rotatable bonds is 7. The molecule has 0 spiro atoms. The lowest BCUT2D eigenvalue weighted by Crippen LogP contribution is -2.06. The molecule has 0 saturated heterocycles. The zero-order chi connectivity index (χ0) is 15.2. The van der Waals surface area contributed by atoms with Gasteiger partial charge in [0.1, 0.15) is 5.82 Å². The lowest BCUT2D eigenvalue weighted by molar-refractivity contribution is 0.142. The number of aryl methyl sites for hydroxylation is 2. The molecule has 0 aliphatic heterocycles. The smallest absolute Gasteiger partial charge is 0.207 e. The van der Waals surface area contributed by atoms with E-state index in [1.54, 1.807) is 6.07 Å². The highest BCUT2D eigenvalue weighted by atomic mass is 79.9. The van der Waals surface area contributed by atoms with Crippen LogP contribution in [0, 0.1) is 12.7 Å². The molecule has 0 aliphatic carbocycles. The van der Waals surface area contributed by atoms with Crippen molar-refractivity contribution in [2.24, 2.45) is 0 Å². The van der Waals surface area contributed by atoms with E-state index in [2.05, 4.69) is 26.2 Å². The molecular weight excluding hydrogens is 337 g/mol. The van der Waals surface area contributed by atoms with E-state index in [4.69, 9.17) is 4.74 Å². The predicted octanol–water partition coefficient (Wildman–Crippen LogP) is 4.26. The monoisotopic (exact) mass is 355 g/mol. The second kappa shape index (κ2) is 7.56. The first-order valence-electron chi connectivity index (χ1n) is 6.93. The molecule has 2 aromatic rings. The maximum absolute atomic E-state index is 13.1. The Morgan fingerprint density at radius 2 is 2.24 bits per heavy atom. The van der Waals surface area contributed by atoms with Gasteiger partial charge in [0, 0.05) is 30.4 Å². The summed E-state index contributed by atoms with van der Waals surface area (Å²) >= 11 is 3.35. The van der Waals surface area contributed by atoms with E-state index in [-0.39, 0.29) is 5.82 Å². The Morgan fingerprint density at radius 1 is 1.43 bits per heavy atom. The van der Waals surface area contributed by atoms with Crippen LogP contribution >= 0.6 is 15.9 Å². The highest BCUT2D eigenvalue weighted by molar-refractivity contribution is 9.10. The van der Waals surface area contributed by atoms with Crippen molar-refractivity contribution < 1.29 is 9.13 Å². The molecule has 1 aromatic carbocycles. The van der Waals surface area contributed by atoms with E-state index in [9.17, 15) is 4.39 Å². The number of benzene rings is 1. The molecule has 6 heteroatoms. The van der Waals surface area contributed by atoms with Crippen LogP contribution in [0.1, 0.15) is 19.0 Å². The number of imidazole rings is 1. The third-order valence-corrected chi connectivity index (χ3v) is 3.62. The van der Waals surface area contributed by atoms with Crippen LogP contribution in [0.3, 0.4) is 0 Å². The molecule has 1 heterocycles. The summed E-state index contributed by atoms with van der Waals surface area (Å²) in [4.78, 5) is 4.46. The van der Waals surface area contributed by atoms with Gasteiger partial charge in [0.15, 0.2) is 0 Å². The highest BCUT2D eigenvalue weighted by Crippen LogP contribution is 2.26. The normalized spacial score (nSPS) is 10.9. The summed E-state index contributed by atoms with van der Waals surface area (Å²) in [6.07, 6.45) is 2.91. The second-order valence-electron chi connectivity index (χ2n) is 4.70. The zero-order valence-electron chi connectivity index (χ0n) is 12.2. The number of aromatic nitrogens is 2. The summed E-state index contributed by atoms with van der Waals surface area (Å²) in [5.41, 5.74) is 1.72. The van der Waals surface area contributed by atoms with Crippen LogP contribution in [0.15, 0.2) is 28.9 Å². The molecule has 1 N–H and O–H groups in total. The molecule has 0 radical (unpaired) electrons. The predicted molar refractivity (Wildman–Crippen MR) is 85.5 cm³/mol. The molecule has 0 fully saturated rings. The molecule has 0 amide bonds. The van der Waals surface area contributed by atoms with Gasteiger partial charge in [-0.15, -0.1) is 0 Å². The van der Waals surface area contributed by atoms with Gasteiger partial charge in [-0.2, -0.15) is 0 Å². The van der Waals surface area contributed by atoms with Crippen molar-refractivity contribution in [2.45, 2.75) is 26.8 Å². The first kappa shape index (κ1) is 16.0. The Balaban J connectivity index is 2.08. The molecule has 4 nitrogen and oxygen atoms in total. The van der Waals surface area contributed by atoms with Crippen LogP contribution in [-0.4, -0.2) is 22.8 Å². The lowest BCUT2D eigenvalue weighted by Gasteiger charge is -2.11. The van der Waals surface area contributed by atoms with Crippen LogP contribution in [0.5, 0.6) is 0 Å². The third-order valence-electron chi connectivity index (χ3n) is 2.97. The van der Waals surface area contributed by atoms with Crippen molar-refractivity contribution in [3.63, 3.8) is 0 Å². The number of nitrogens with zero attached hydrogens (tertiary/aromatic N) is 2. The fraction of sp³-hybridized carbons (Fsp3) is 0.400. The number of hydrogen-bond donors (Lipinski definition) is 1. The minimum atomic E-state index is -0.274. The Labute approximate surface area is 132 Å². The highest BCUT2D eigenvalue weighted by Gasteiger charge is 2.08. The minimum Gasteiger partial charge on any atom is -0.382 e. The first-order valence-corrected chi connectivity index (χ1v) is 7.73. The summed E-state index contributed by atoms with van der Waals surface area (Å²) in [6, 6.07) is 4.54. The van der Waals surface area contributed by atoms with Gasteiger partial charge in [-0.3, -0.25) is 0 Å². The summed E-state index contributed by atoms with van der Waals surface area (Å²) in [7, 11) is 0. The quantitative estimate of drug-likeness (QED) is 0.754. The Morgan fingerprint density at radius 3 is 2.95 bits per heavy atom. The van der Waals surface area contributed by atoms with Crippen LogP contribution in [-0.2, 0) is 11.3 Å². The number of nitrogens with one attached hydrogen (secondary N) is 1. The Bertz CT molecular complexity index is 601. The van der Waals surface area contributed by atoms with Gasteiger partial charge in [-0.1, -0.05) is 0 Å². The van der Waals surface area contributed by atoms with Crippen molar-refractivity contribution >= 4 is 27.6 Å². The maximum atomic E-state index is 13.1. The van der Waals surface area contributed by atoms with Crippen molar-refractivity contribution in [1.29, 1.82) is 0 Å². The van der Waals surface area contributed by atoms with Crippen LogP contribution in [0.4, 0.5) is 16.0 Å². The van der Waals surface area contributed by atoms with E-state index in [1.165, 1.54) is 12.1 Å². The number of ether oxygens (including phenoxy) is 1. The van der Waals surface area contributed by atoms with Crippen LogP contribution in [0.2, 0.25) is 0 Å². The van der Waals surface area contributed by atoms with E-state index in [1.807, 2.05) is 24.6 Å². The molecule has 2 rings (SSSR count). The van der Waals surface area contributed by atoms with Gasteiger partial charge in [0.25, 0.3) is 0 Å². The maximum Gasteiger partial charge on any atom is 0.207 e. The van der Waals surface area contributed by atoms with Gasteiger partial charge in [-0.05, 0) is 54.4 Å². The third kappa shape index (κ3) is 4.54. The van der Waals surface area contributed by atoms with Gasteiger partial charge in [0.05, 0.1) is 11.4 Å². The number of anilines is 2. The lowest BCUT2D eigenvalue weighted by atomic mass is 10.3. The molecule has 0 aliphatic rings. The molecule has 0 bridgehead atoms. The van der Waals surface area contributed by atoms with Crippen LogP contribution < -0.4 is 5.32 Å². The van der Waals surface area contributed by atoms with Crippen molar-refractivity contribution in [1.82, 2.24) is 9.55 Å². The molecule has 21 heavy (non-hydrogen) atoms. The van der Waals surface area contributed by atoms with Crippen molar-refractivity contribution in [3.8, 4) is 0 Å². The minimum absolute atomic E-state index is 0.274. The van der Waals surface area contributed by atoms with Crippen LogP contribution in [0.25, 0.3) is 0 Å². The van der Waals surface area contributed by atoms with Gasteiger partial charge < -0.3 is 14.6 Å². The average Bonchev–Trinajstić information content (AvgIpc) is 2.78. The van der Waals surface area contributed by atoms with Gasteiger partial charge in [0.2, 0.25) is 5.95 Å². The van der Waals surface area contributed by atoms with Gasteiger partial charge >= 0.3 is 0 Å². The number of hydrogen-bond acceptors (Lipinski definition) is 3. The van der Waals surface area contributed by atoms with Crippen molar-refractivity contribution in [2.75, 3.05) is 18.5 Å². The summed E-state index contributed by atoms with van der Waals surface area (Å²) in [5.74, 6) is 0.472. The van der Waals surface area contributed by atoms with E-state index >= 15 is 0 Å². The number of halogens is 2. The molecular formula is C15H19BrFN3O. The molecule has 0 saturated carbocycles.